The molecule has 6 rings (SSSR count). The molecule has 10 nitrogen and oxygen atoms in total. The van der Waals surface area contributed by atoms with Crippen molar-refractivity contribution in [1.82, 2.24) is 10.6 Å². The predicted octanol–water partition coefficient (Wildman–Crippen LogP) is 2.90. The zero-order valence-electron chi connectivity index (χ0n) is 23.8. The van der Waals surface area contributed by atoms with Crippen LogP contribution in [0.4, 0.5) is 0 Å². The SMILES string of the molecule is O=C(NCc1cccc(C(=O)NCCO)c1)C1=CC2OCOC2C(OC(=O)c2ccccc2C=CC2CCC3OC3C2)C1. The number of hydrogen-bond donors (Lipinski definition) is 3. The summed E-state index contributed by atoms with van der Waals surface area (Å²) in [5.74, 6) is -0.675. The summed E-state index contributed by atoms with van der Waals surface area (Å²) in [6, 6.07) is 14.2. The van der Waals surface area contributed by atoms with Gasteiger partial charge >= 0.3 is 5.97 Å². The highest BCUT2D eigenvalue weighted by atomic mass is 16.7. The molecule has 4 aliphatic rings. The lowest BCUT2D eigenvalue weighted by Crippen LogP contribution is -2.43. The average molecular weight is 589 g/mol. The lowest BCUT2D eigenvalue weighted by molar-refractivity contribution is -0.118. The van der Waals surface area contributed by atoms with Gasteiger partial charge in [-0.3, -0.25) is 9.59 Å². The summed E-state index contributed by atoms with van der Waals surface area (Å²) in [4.78, 5) is 38.9. The van der Waals surface area contributed by atoms with Crippen LogP contribution in [0.1, 0.15) is 57.5 Å². The van der Waals surface area contributed by atoms with Gasteiger partial charge in [0.2, 0.25) is 5.91 Å². The van der Waals surface area contributed by atoms with Gasteiger partial charge in [-0.25, -0.2) is 4.79 Å². The van der Waals surface area contributed by atoms with Crippen LogP contribution in [0.3, 0.4) is 0 Å². The van der Waals surface area contributed by atoms with Crippen molar-refractivity contribution in [2.24, 2.45) is 5.92 Å². The van der Waals surface area contributed by atoms with Crippen molar-refractivity contribution in [2.75, 3.05) is 19.9 Å². The third kappa shape index (κ3) is 7.05. The monoisotopic (exact) mass is 588 g/mol. The maximum atomic E-state index is 13.4. The second kappa shape index (κ2) is 13.2. The Hall–Kier alpha value is -3.83. The second-order valence-electron chi connectivity index (χ2n) is 11.3. The number of amides is 2. The van der Waals surface area contributed by atoms with Crippen LogP contribution in [-0.2, 0) is 30.3 Å². The van der Waals surface area contributed by atoms with E-state index in [0.717, 1.165) is 30.4 Å². The van der Waals surface area contributed by atoms with Gasteiger partial charge in [-0.05, 0) is 60.6 Å². The lowest BCUT2D eigenvalue weighted by Gasteiger charge is -2.30. The molecule has 43 heavy (non-hydrogen) atoms. The molecule has 2 aromatic rings. The number of ether oxygens (including phenoxy) is 4. The molecule has 6 atom stereocenters. The Balaban J connectivity index is 1.09. The van der Waals surface area contributed by atoms with E-state index < -0.39 is 24.3 Å². The molecule has 1 saturated carbocycles. The Kier molecular flexibility index (Phi) is 8.99. The van der Waals surface area contributed by atoms with Crippen LogP contribution < -0.4 is 10.6 Å². The van der Waals surface area contributed by atoms with E-state index in [0.29, 0.717) is 34.8 Å². The van der Waals surface area contributed by atoms with E-state index in [1.165, 1.54) is 0 Å². The summed E-state index contributed by atoms with van der Waals surface area (Å²) < 4.78 is 23.1. The van der Waals surface area contributed by atoms with Gasteiger partial charge in [-0.15, -0.1) is 0 Å². The topological polar surface area (TPSA) is 136 Å². The van der Waals surface area contributed by atoms with Crippen molar-refractivity contribution in [3.8, 4) is 0 Å². The van der Waals surface area contributed by atoms with E-state index in [4.69, 9.17) is 24.1 Å². The molecule has 0 bridgehead atoms. The number of epoxide rings is 1. The predicted molar refractivity (Wildman–Crippen MR) is 156 cm³/mol. The van der Waals surface area contributed by atoms with Gasteiger partial charge < -0.3 is 34.7 Å². The molecular weight excluding hydrogens is 552 g/mol. The number of aliphatic hydroxyl groups is 1. The van der Waals surface area contributed by atoms with Crippen LogP contribution in [0, 0.1) is 5.92 Å². The summed E-state index contributed by atoms with van der Waals surface area (Å²) in [5.41, 5.74) is 2.84. The molecule has 10 heteroatoms. The first-order valence-corrected chi connectivity index (χ1v) is 14.8. The van der Waals surface area contributed by atoms with E-state index in [-0.39, 0.29) is 44.7 Å². The van der Waals surface area contributed by atoms with Crippen LogP contribution in [-0.4, -0.2) is 73.4 Å². The lowest BCUT2D eigenvalue weighted by atomic mass is 9.88. The number of carbonyl (C=O) groups is 3. The zero-order valence-corrected chi connectivity index (χ0v) is 23.8. The number of hydrogen-bond acceptors (Lipinski definition) is 8. The molecular formula is C33H36N2O8. The smallest absolute Gasteiger partial charge is 0.339 e. The molecule has 0 aromatic heterocycles. The maximum Gasteiger partial charge on any atom is 0.339 e. The number of esters is 1. The fourth-order valence-corrected chi connectivity index (χ4v) is 5.99. The number of fused-ring (bicyclic) bond motifs is 2. The Morgan fingerprint density at radius 1 is 1.00 bits per heavy atom. The molecule has 2 aromatic carbocycles. The second-order valence-corrected chi connectivity index (χ2v) is 11.3. The summed E-state index contributed by atoms with van der Waals surface area (Å²) in [6.45, 7) is 0.255. The van der Waals surface area contributed by atoms with Crippen molar-refractivity contribution in [3.05, 3.63) is 88.5 Å². The van der Waals surface area contributed by atoms with Crippen LogP contribution in [0.15, 0.2) is 66.3 Å². The van der Waals surface area contributed by atoms with Gasteiger partial charge in [0.15, 0.2) is 0 Å². The molecule has 3 N–H and O–H groups in total. The molecule has 2 amide bonds. The van der Waals surface area contributed by atoms with Gasteiger partial charge in [0, 0.05) is 30.6 Å². The van der Waals surface area contributed by atoms with Gasteiger partial charge in [0.25, 0.3) is 5.91 Å². The molecule has 2 aliphatic heterocycles. The first-order chi connectivity index (χ1) is 21.0. The summed E-state index contributed by atoms with van der Waals surface area (Å²) >= 11 is 0. The Morgan fingerprint density at radius 2 is 1.88 bits per heavy atom. The minimum atomic E-state index is -0.705. The Morgan fingerprint density at radius 3 is 2.74 bits per heavy atom. The quantitative estimate of drug-likeness (QED) is 0.285. The normalized spacial score (nSPS) is 27.5. The van der Waals surface area contributed by atoms with Crippen molar-refractivity contribution in [3.63, 3.8) is 0 Å². The molecule has 226 valence electrons. The number of rotatable bonds is 10. The van der Waals surface area contributed by atoms with Crippen molar-refractivity contribution >= 4 is 23.9 Å². The van der Waals surface area contributed by atoms with Crippen molar-refractivity contribution in [1.29, 1.82) is 0 Å². The fraction of sp³-hybridized carbons (Fsp3) is 0.424. The van der Waals surface area contributed by atoms with Crippen LogP contribution in [0.25, 0.3) is 6.08 Å². The minimum absolute atomic E-state index is 0.0478. The highest BCUT2D eigenvalue weighted by Crippen LogP contribution is 2.40. The van der Waals surface area contributed by atoms with Gasteiger partial charge in [0.1, 0.15) is 25.1 Å². The molecule has 3 fully saturated rings. The Labute approximate surface area is 250 Å². The Bertz CT molecular complexity index is 1420. The van der Waals surface area contributed by atoms with E-state index in [9.17, 15) is 14.4 Å². The highest BCUT2D eigenvalue weighted by molar-refractivity contribution is 5.96. The van der Waals surface area contributed by atoms with Gasteiger partial charge in [-0.2, -0.15) is 0 Å². The van der Waals surface area contributed by atoms with E-state index >= 15 is 0 Å². The molecule has 0 radical (unpaired) electrons. The number of aliphatic hydroxyl groups excluding tert-OH is 1. The molecule has 2 saturated heterocycles. The first kappa shape index (κ1) is 29.3. The largest absolute Gasteiger partial charge is 0.456 e. The van der Waals surface area contributed by atoms with E-state index in [1.54, 1.807) is 36.4 Å². The van der Waals surface area contributed by atoms with Crippen LogP contribution in [0.2, 0.25) is 0 Å². The molecule has 2 heterocycles. The fourth-order valence-electron chi connectivity index (χ4n) is 5.99. The zero-order chi connectivity index (χ0) is 29.8. The highest BCUT2D eigenvalue weighted by Gasteiger charge is 2.44. The van der Waals surface area contributed by atoms with Crippen LogP contribution >= 0.6 is 0 Å². The molecule has 0 spiro atoms. The summed E-state index contributed by atoms with van der Waals surface area (Å²) in [6.07, 6.45) is 8.32. The van der Waals surface area contributed by atoms with Crippen LogP contribution in [0.5, 0.6) is 0 Å². The number of allylic oxidation sites excluding steroid dienone is 1. The average Bonchev–Trinajstić information content (AvgIpc) is 3.65. The van der Waals surface area contributed by atoms with E-state index in [1.807, 2.05) is 24.3 Å². The van der Waals surface area contributed by atoms with Gasteiger partial charge in [0.05, 0.1) is 24.4 Å². The van der Waals surface area contributed by atoms with Gasteiger partial charge in [-0.1, -0.05) is 42.5 Å². The van der Waals surface area contributed by atoms with Crippen molar-refractivity contribution in [2.45, 2.75) is 62.7 Å². The third-order valence-corrected chi connectivity index (χ3v) is 8.36. The van der Waals surface area contributed by atoms with Crippen molar-refractivity contribution < 1.29 is 38.4 Å². The first-order valence-electron chi connectivity index (χ1n) is 14.8. The molecule has 2 aliphatic carbocycles. The standard InChI is InChI=1S/C33H36N2O8/c36-13-12-34-31(37)23-6-3-4-21(14-23)18-35-32(38)24-16-28-30(41-19-40-28)29(17-24)43-33(39)25-7-2-1-5-22(25)10-8-20-9-11-26-27(15-20)42-26/h1-8,10,14,16,20,26-30,36H,9,11-13,15,17-19H2,(H,34,37)(H,35,38). The van der Waals surface area contributed by atoms with E-state index in [2.05, 4.69) is 16.7 Å². The minimum Gasteiger partial charge on any atom is -0.456 e. The maximum absolute atomic E-state index is 13.4. The summed E-state index contributed by atoms with van der Waals surface area (Å²) in [7, 11) is 0. The third-order valence-electron chi connectivity index (χ3n) is 8.36. The number of nitrogens with one attached hydrogen (secondary N) is 2. The molecule has 6 unspecified atom stereocenters. The number of carbonyl (C=O) groups excluding carboxylic acids is 3. The summed E-state index contributed by atoms with van der Waals surface area (Å²) in [5, 5.41) is 14.4. The number of benzene rings is 2.